The number of hydrogen-bond donors (Lipinski definition) is 2. The molecule has 0 aliphatic carbocycles. The monoisotopic (exact) mass is 413 g/mol. The van der Waals surface area contributed by atoms with E-state index in [9.17, 15) is 13.4 Å². The number of anilines is 1. The zero-order valence-electron chi connectivity index (χ0n) is 15.8. The van der Waals surface area contributed by atoms with E-state index < -0.39 is 17.0 Å². The van der Waals surface area contributed by atoms with E-state index in [0.717, 1.165) is 5.56 Å². The molecule has 3 aromatic rings. The maximum absolute atomic E-state index is 13.2. The third kappa shape index (κ3) is 4.05. The highest BCUT2D eigenvalue weighted by Crippen LogP contribution is 2.25. The van der Waals surface area contributed by atoms with E-state index in [2.05, 4.69) is 10.2 Å². The van der Waals surface area contributed by atoms with E-state index >= 15 is 0 Å². The minimum Gasteiger partial charge on any atom is -0.425 e. The molecule has 0 spiro atoms. The number of sulfone groups is 1. The lowest BCUT2D eigenvalue weighted by atomic mass is 9.79. The summed E-state index contributed by atoms with van der Waals surface area (Å²) in [6, 6.07) is 9.87. The summed E-state index contributed by atoms with van der Waals surface area (Å²) in [5.74, 6) is 0.613. The van der Waals surface area contributed by atoms with Gasteiger partial charge in [-0.25, -0.2) is 8.42 Å². The smallest absolute Gasteiger partial charge is 0.425 e. The molecule has 0 amide bonds. The largest absolute Gasteiger partial charge is 0.491 e. The molecule has 0 radical (unpaired) electrons. The molecule has 29 heavy (non-hydrogen) atoms. The number of benzene rings is 2. The fraction of sp³-hybridized carbons (Fsp3) is 0.263. The zero-order valence-corrected chi connectivity index (χ0v) is 16.6. The molecule has 2 heterocycles. The van der Waals surface area contributed by atoms with Crippen molar-refractivity contribution in [3.63, 3.8) is 0 Å². The topological polar surface area (TPSA) is 129 Å². The number of nitrogen functional groups attached to an aromatic ring is 1. The zero-order chi connectivity index (χ0) is 20.6. The Labute approximate surface area is 168 Å². The van der Waals surface area contributed by atoms with Crippen LogP contribution in [0.25, 0.3) is 0 Å². The molecule has 150 valence electrons. The molecule has 0 saturated heterocycles. The van der Waals surface area contributed by atoms with Crippen molar-refractivity contribution in [2.24, 2.45) is 0 Å². The second-order valence-electron chi connectivity index (χ2n) is 6.94. The van der Waals surface area contributed by atoms with Gasteiger partial charge in [0.05, 0.1) is 23.7 Å². The number of nitrogens with two attached hydrogens (primary N) is 1. The first-order chi connectivity index (χ1) is 13.9. The molecule has 1 aliphatic rings. The Hall–Kier alpha value is -2.69. The average Bonchev–Trinajstić information content (AvgIpc) is 3.28. The van der Waals surface area contributed by atoms with Crippen molar-refractivity contribution in [3.8, 4) is 0 Å². The molecular weight excluding hydrogens is 393 g/mol. The maximum atomic E-state index is 13.2. The van der Waals surface area contributed by atoms with E-state index in [1.165, 1.54) is 6.07 Å². The lowest BCUT2D eigenvalue weighted by Crippen LogP contribution is -2.28. The Bertz CT molecular complexity index is 1160. The fourth-order valence-electron chi connectivity index (χ4n) is 3.36. The summed E-state index contributed by atoms with van der Waals surface area (Å²) < 4.78 is 37.0. The minimum absolute atomic E-state index is 0.167. The number of nitrogens with zero attached hydrogens (tertiary/aromatic N) is 2. The molecule has 0 fully saturated rings. The van der Waals surface area contributed by atoms with Crippen LogP contribution in [0.15, 0.2) is 45.7 Å². The van der Waals surface area contributed by atoms with Crippen LogP contribution in [0, 0.1) is 0 Å². The van der Waals surface area contributed by atoms with Crippen LogP contribution in [0.1, 0.15) is 35.4 Å². The highest BCUT2D eigenvalue weighted by molar-refractivity contribution is 7.90. The van der Waals surface area contributed by atoms with Crippen LogP contribution < -0.4 is 11.2 Å². The molecule has 3 N–H and O–H groups in total. The van der Waals surface area contributed by atoms with Crippen molar-refractivity contribution in [2.75, 3.05) is 5.73 Å². The van der Waals surface area contributed by atoms with Gasteiger partial charge < -0.3 is 19.8 Å². The van der Waals surface area contributed by atoms with Gasteiger partial charge in [0, 0.05) is 12.1 Å². The van der Waals surface area contributed by atoms with E-state index in [4.69, 9.17) is 14.8 Å². The number of hydrogen-bond acceptors (Lipinski definition) is 8. The van der Waals surface area contributed by atoms with E-state index in [-0.39, 0.29) is 17.1 Å². The second kappa shape index (κ2) is 7.62. The predicted octanol–water partition coefficient (Wildman–Crippen LogP) is 0.997. The molecule has 2 aromatic carbocycles. The first-order valence-corrected chi connectivity index (χ1v) is 10.8. The number of fused-ring (bicyclic) bond motifs is 1. The van der Waals surface area contributed by atoms with Gasteiger partial charge in [-0.05, 0) is 40.4 Å². The summed E-state index contributed by atoms with van der Waals surface area (Å²) in [6.07, 6.45) is 0.770. The summed E-state index contributed by atoms with van der Waals surface area (Å²) in [7, 11) is -4.71. The Morgan fingerprint density at radius 2 is 1.97 bits per heavy atom. The molecule has 1 aromatic heterocycles. The van der Waals surface area contributed by atoms with E-state index in [1.807, 2.05) is 6.92 Å². The molecule has 0 saturated carbocycles. The summed E-state index contributed by atoms with van der Waals surface area (Å²) in [6.45, 7) is 2.21. The number of rotatable bonds is 6. The highest BCUT2D eigenvalue weighted by Gasteiger charge is 2.28. The molecular formula is C19H20BN3O5S. The number of aromatic nitrogens is 2. The third-order valence-electron chi connectivity index (χ3n) is 4.80. The molecule has 0 bridgehead atoms. The van der Waals surface area contributed by atoms with Gasteiger partial charge >= 0.3 is 7.12 Å². The standard InChI is InChI=1S/C19H20BN3O5S/c1-2-18-22-23-19(28-18)9-14-8-15(21)5-6-17(14)29(25,26)11-12-3-4-13-10-27-20(24)16(13)7-12/h3-8,24H,2,9-11,21H2,1H3. The number of aryl methyl sites for hydroxylation is 1. The van der Waals surface area contributed by atoms with Crippen LogP contribution in [0.3, 0.4) is 0 Å². The second-order valence-corrected chi connectivity index (χ2v) is 8.90. The SMILES string of the molecule is CCc1nnc(Cc2cc(N)ccc2S(=O)(=O)Cc2ccc3c(c2)B(O)OC3)o1. The van der Waals surface area contributed by atoms with E-state index in [0.29, 0.717) is 47.1 Å². The van der Waals surface area contributed by atoms with Crippen LogP contribution in [-0.4, -0.2) is 30.8 Å². The predicted molar refractivity (Wildman–Crippen MR) is 107 cm³/mol. The third-order valence-corrected chi connectivity index (χ3v) is 6.58. The molecule has 10 heteroatoms. The van der Waals surface area contributed by atoms with Gasteiger partial charge in [0.15, 0.2) is 9.84 Å². The average molecular weight is 413 g/mol. The van der Waals surface area contributed by atoms with Gasteiger partial charge in [-0.2, -0.15) is 0 Å². The van der Waals surface area contributed by atoms with Crippen LogP contribution in [0.4, 0.5) is 5.69 Å². The molecule has 0 unspecified atom stereocenters. The Kier molecular flexibility index (Phi) is 5.16. The lowest BCUT2D eigenvalue weighted by Gasteiger charge is -2.11. The molecule has 1 aliphatic heterocycles. The van der Waals surface area contributed by atoms with Crippen LogP contribution in [0.5, 0.6) is 0 Å². The first kappa shape index (κ1) is 19.6. The summed E-state index contributed by atoms with van der Waals surface area (Å²) >= 11 is 0. The molecule has 0 atom stereocenters. The summed E-state index contributed by atoms with van der Waals surface area (Å²) in [5.41, 5.74) is 8.87. The Balaban J connectivity index is 1.65. The molecule has 4 rings (SSSR count). The van der Waals surface area contributed by atoms with Gasteiger partial charge in [0.2, 0.25) is 11.8 Å². The molecule has 8 nitrogen and oxygen atoms in total. The van der Waals surface area contributed by atoms with Crippen LogP contribution in [0.2, 0.25) is 0 Å². The van der Waals surface area contributed by atoms with Gasteiger partial charge in [0.1, 0.15) is 0 Å². The van der Waals surface area contributed by atoms with Crippen molar-refractivity contribution < 1.29 is 22.5 Å². The van der Waals surface area contributed by atoms with E-state index in [1.54, 1.807) is 30.3 Å². The van der Waals surface area contributed by atoms with Crippen molar-refractivity contribution in [1.82, 2.24) is 10.2 Å². The van der Waals surface area contributed by atoms with Crippen molar-refractivity contribution in [1.29, 1.82) is 0 Å². The summed E-state index contributed by atoms with van der Waals surface area (Å²) in [5, 5.41) is 17.8. The quantitative estimate of drug-likeness (QED) is 0.452. The summed E-state index contributed by atoms with van der Waals surface area (Å²) in [4.78, 5) is 0.167. The first-order valence-electron chi connectivity index (χ1n) is 9.19. The van der Waals surface area contributed by atoms with Gasteiger partial charge in [-0.15, -0.1) is 10.2 Å². The van der Waals surface area contributed by atoms with Crippen molar-refractivity contribution in [2.45, 2.75) is 37.0 Å². The van der Waals surface area contributed by atoms with Gasteiger partial charge in [-0.1, -0.05) is 25.1 Å². The lowest BCUT2D eigenvalue weighted by molar-refractivity contribution is 0.275. The van der Waals surface area contributed by atoms with Crippen molar-refractivity contribution >= 4 is 28.1 Å². The van der Waals surface area contributed by atoms with Crippen molar-refractivity contribution in [3.05, 3.63) is 64.9 Å². The maximum Gasteiger partial charge on any atom is 0.491 e. The Morgan fingerprint density at radius 1 is 1.17 bits per heavy atom. The minimum atomic E-state index is -3.68. The fourth-order valence-corrected chi connectivity index (χ4v) is 4.94. The highest BCUT2D eigenvalue weighted by atomic mass is 32.2. The Morgan fingerprint density at radius 3 is 2.72 bits per heavy atom. The normalized spacial score (nSPS) is 13.7. The van der Waals surface area contributed by atoms with Crippen LogP contribution >= 0.6 is 0 Å². The van der Waals surface area contributed by atoms with Gasteiger partial charge in [-0.3, -0.25) is 0 Å². The van der Waals surface area contributed by atoms with Crippen LogP contribution in [-0.2, 0) is 39.7 Å². The van der Waals surface area contributed by atoms with Gasteiger partial charge in [0.25, 0.3) is 0 Å².